The second-order valence-corrected chi connectivity index (χ2v) is 6.35. The molecule has 0 spiro atoms. The molecule has 0 bridgehead atoms. The molecule has 0 fully saturated rings. The van der Waals surface area contributed by atoms with Crippen LogP contribution in [0.1, 0.15) is 51.9 Å². The van der Waals surface area contributed by atoms with E-state index in [1.807, 2.05) is 31.2 Å². The fourth-order valence-corrected chi connectivity index (χ4v) is 2.93. The van der Waals surface area contributed by atoms with Crippen molar-refractivity contribution in [1.29, 1.82) is 0 Å². The molecule has 0 aliphatic carbocycles. The summed E-state index contributed by atoms with van der Waals surface area (Å²) in [4.78, 5) is 8.39. The second kappa shape index (κ2) is 6.07. The number of fused-ring (bicyclic) bond motifs is 1. The fraction of sp³-hybridized carbons (Fsp3) is 0.350. The number of H-pyrrole nitrogens is 1. The number of benzene rings is 1. The maximum Gasteiger partial charge on any atom is 0.145 e. The zero-order valence-corrected chi connectivity index (χ0v) is 14.3. The summed E-state index contributed by atoms with van der Waals surface area (Å²) in [5.41, 5.74) is 3.84. The van der Waals surface area contributed by atoms with Gasteiger partial charge in [-0.3, -0.25) is 0 Å². The van der Waals surface area contributed by atoms with Gasteiger partial charge in [-0.1, -0.05) is 49.8 Å². The largest absolute Gasteiger partial charge is 0.481 e. The molecule has 0 atom stereocenters. The molecular formula is C20H24N2O. The maximum atomic E-state index is 6.23. The molecule has 3 nitrogen and oxygen atoms in total. The number of allylic oxidation sites excluding steroid dienone is 3. The summed E-state index contributed by atoms with van der Waals surface area (Å²) in [5, 5.41) is 0. The number of nitrogens with zero attached hydrogens (tertiary/aromatic N) is 1. The molecule has 120 valence electrons. The molecule has 0 amide bonds. The van der Waals surface area contributed by atoms with Crippen molar-refractivity contribution in [3.8, 4) is 11.4 Å². The Labute approximate surface area is 138 Å². The standard InChI is InChI=1S/C20H24N2O/c1-5-7-13-15-16(6-2)23-20(3,4)18-17(15)21-19(22-18)14-11-9-8-10-12-14/h6,8-13H,5,7H2,1-4H3,(H,21,22)/b15-13+,16-6+. The number of aromatic nitrogens is 2. The molecule has 23 heavy (non-hydrogen) atoms. The Morgan fingerprint density at radius 1 is 1.22 bits per heavy atom. The molecule has 0 saturated carbocycles. The Bertz CT molecular complexity index is 751. The van der Waals surface area contributed by atoms with Crippen LogP contribution in [0.2, 0.25) is 0 Å². The molecule has 3 heteroatoms. The summed E-state index contributed by atoms with van der Waals surface area (Å²) < 4.78 is 6.23. The van der Waals surface area contributed by atoms with E-state index in [1.165, 1.54) is 0 Å². The smallest absolute Gasteiger partial charge is 0.145 e. The van der Waals surface area contributed by atoms with Crippen molar-refractivity contribution in [2.45, 2.75) is 46.1 Å². The van der Waals surface area contributed by atoms with Gasteiger partial charge in [0.05, 0.1) is 11.4 Å². The molecule has 1 aliphatic rings. The van der Waals surface area contributed by atoms with Gasteiger partial charge in [-0.25, -0.2) is 4.98 Å². The zero-order valence-electron chi connectivity index (χ0n) is 14.3. The molecule has 2 heterocycles. The lowest BCUT2D eigenvalue weighted by Crippen LogP contribution is -2.28. The van der Waals surface area contributed by atoms with Gasteiger partial charge in [0.2, 0.25) is 0 Å². The summed E-state index contributed by atoms with van der Waals surface area (Å²) in [6.07, 6.45) is 6.39. The van der Waals surface area contributed by atoms with Crippen molar-refractivity contribution in [3.63, 3.8) is 0 Å². The highest BCUT2D eigenvalue weighted by Crippen LogP contribution is 2.43. The van der Waals surface area contributed by atoms with Crippen molar-refractivity contribution in [1.82, 2.24) is 9.97 Å². The highest BCUT2D eigenvalue weighted by atomic mass is 16.5. The van der Waals surface area contributed by atoms with Gasteiger partial charge >= 0.3 is 0 Å². The van der Waals surface area contributed by atoms with E-state index in [9.17, 15) is 0 Å². The van der Waals surface area contributed by atoms with Crippen molar-refractivity contribution in [3.05, 3.63) is 59.6 Å². The van der Waals surface area contributed by atoms with Crippen molar-refractivity contribution >= 4 is 5.57 Å². The average molecular weight is 308 g/mol. The van der Waals surface area contributed by atoms with E-state index in [4.69, 9.17) is 9.72 Å². The number of unbranched alkanes of at least 4 members (excludes halogenated alkanes) is 1. The Hall–Kier alpha value is -2.29. The number of hydrogen-bond acceptors (Lipinski definition) is 2. The van der Waals surface area contributed by atoms with Gasteiger partial charge in [-0.2, -0.15) is 0 Å². The van der Waals surface area contributed by atoms with Crippen LogP contribution in [0.25, 0.3) is 17.0 Å². The van der Waals surface area contributed by atoms with E-state index in [1.54, 1.807) is 0 Å². The number of imidazole rings is 1. The number of hydrogen-bond donors (Lipinski definition) is 1. The van der Waals surface area contributed by atoms with Gasteiger partial charge in [0, 0.05) is 11.1 Å². The van der Waals surface area contributed by atoms with E-state index >= 15 is 0 Å². The molecule has 1 aliphatic heterocycles. The first kappa shape index (κ1) is 15.6. The predicted octanol–water partition coefficient (Wildman–Crippen LogP) is 5.43. The monoisotopic (exact) mass is 308 g/mol. The first-order chi connectivity index (χ1) is 11.1. The quantitative estimate of drug-likeness (QED) is 0.821. The minimum Gasteiger partial charge on any atom is -0.481 e. The third-order valence-corrected chi connectivity index (χ3v) is 4.14. The molecule has 1 aromatic carbocycles. The third kappa shape index (κ3) is 2.83. The Morgan fingerprint density at radius 2 is 1.96 bits per heavy atom. The van der Waals surface area contributed by atoms with Gasteiger partial charge in [-0.15, -0.1) is 0 Å². The Balaban J connectivity index is 2.16. The maximum absolute atomic E-state index is 6.23. The predicted molar refractivity (Wildman–Crippen MR) is 94.8 cm³/mol. The molecule has 0 unspecified atom stereocenters. The molecule has 3 rings (SSSR count). The van der Waals surface area contributed by atoms with Crippen LogP contribution < -0.4 is 0 Å². The highest BCUT2D eigenvalue weighted by molar-refractivity contribution is 5.80. The minimum absolute atomic E-state index is 0.416. The minimum atomic E-state index is -0.416. The van der Waals surface area contributed by atoms with Crippen LogP contribution in [0.15, 0.2) is 48.2 Å². The highest BCUT2D eigenvalue weighted by Gasteiger charge is 2.37. The Morgan fingerprint density at radius 3 is 2.61 bits per heavy atom. The lowest BCUT2D eigenvalue weighted by atomic mass is 9.93. The number of nitrogens with one attached hydrogen (secondary N) is 1. The lowest BCUT2D eigenvalue weighted by molar-refractivity contribution is 0.0314. The third-order valence-electron chi connectivity index (χ3n) is 4.14. The van der Waals surface area contributed by atoms with Gasteiger partial charge in [0.25, 0.3) is 0 Å². The first-order valence-electron chi connectivity index (χ1n) is 8.29. The van der Waals surface area contributed by atoms with E-state index < -0.39 is 5.60 Å². The van der Waals surface area contributed by atoms with Crippen LogP contribution in [0, 0.1) is 0 Å². The summed E-state index contributed by atoms with van der Waals surface area (Å²) in [6, 6.07) is 10.2. The number of ether oxygens (including phenoxy) is 1. The van der Waals surface area contributed by atoms with Gasteiger partial charge in [0.15, 0.2) is 0 Å². The van der Waals surface area contributed by atoms with Crippen LogP contribution in [0.5, 0.6) is 0 Å². The normalized spacial score (nSPS) is 19.7. The summed E-state index contributed by atoms with van der Waals surface area (Å²) in [7, 11) is 0. The van der Waals surface area contributed by atoms with Gasteiger partial charge in [-0.05, 0) is 33.3 Å². The number of rotatable bonds is 3. The fourth-order valence-electron chi connectivity index (χ4n) is 2.93. The van der Waals surface area contributed by atoms with Gasteiger partial charge in [0.1, 0.15) is 17.2 Å². The molecule has 0 radical (unpaired) electrons. The molecule has 0 saturated heterocycles. The van der Waals surface area contributed by atoms with E-state index in [2.05, 4.69) is 44.0 Å². The van der Waals surface area contributed by atoms with E-state index in [0.29, 0.717) is 0 Å². The van der Waals surface area contributed by atoms with Crippen LogP contribution in [-0.2, 0) is 10.3 Å². The van der Waals surface area contributed by atoms with Crippen LogP contribution in [-0.4, -0.2) is 9.97 Å². The van der Waals surface area contributed by atoms with E-state index in [-0.39, 0.29) is 0 Å². The summed E-state index contributed by atoms with van der Waals surface area (Å²) in [6.45, 7) is 8.36. The molecule has 1 aromatic heterocycles. The van der Waals surface area contributed by atoms with E-state index in [0.717, 1.165) is 46.9 Å². The molecular weight excluding hydrogens is 284 g/mol. The van der Waals surface area contributed by atoms with Gasteiger partial charge < -0.3 is 9.72 Å². The molecule has 1 N–H and O–H groups in total. The summed E-state index contributed by atoms with van der Waals surface area (Å²) >= 11 is 0. The van der Waals surface area contributed by atoms with Crippen molar-refractivity contribution in [2.24, 2.45) is 0 Å². The molecule has 2 aromatic rings. The first-order valence-corrected chi connectivity index (χ1v) is 8.29. The van der Waals surface area contributed by atoms with Crippen LogP contribution >= 0.6 is 0 Å². The Kier molecular flexibility index (Phi) is 4.12. The number of aromatic amines is 1. The van der Waals surface area contributed by atoms with Crippen molar-refractivity contribution < 1.29 is 4.74 Å². The zero-order chi connectivity index (χ0) is 16.4. The van der Waals surface area contributed by atoms with Crippen LogP contribution in [0.3, 0.4) is 0 Å². The van der Waals surface area contributed by atoms with Crippen molar-refractivity contribution in [2.75, 3.05) is 0 Å². The topological polar surface area (TPSA) is 37.9 Å². The SMILES string of the molecule is C/C=C1/OC(C)(C)c2[nH]c(-c3ccccc3)nc2/C1=C/CCC. The second-order valence-electron chi connectivity index (χ2n) is 6.35. The van der Waals surface area contributed by atoms with Crippen LogP contribution in [0.4, 0.5) is 0 Å². The summed E-state index contributed by atoms with van der Waals surface area (Å²) in [5.74, 6) is 1.81. The lowest BCUT2D eigenvalue weighted by Gasteiger charge is -2.33. The average Bonchev–Trinajstić information content (AvgIpc) is 3.01.